The first-order valence-electron chi connectivity index (χ1n) is 19.3. The van der Waals surface area contributed by atoms with Crippen molar-refractivity contribution in [2.45, 2.75) is 31.6 Å². The summed E-state index contributed by atoms with van der Waals surface area (Å²) in [6.45, 7) is 7.07. The van der Waals surface area contributed by atoms with Crippen LogP contribution in [-0.4, -0.2) is 0 Å². The Balaban J connectivity index is 1.05. The summed E-state index contributed by atoms with van der Waals surface area (Å²) in [4.78, 5) is 2.33. The van der Waals surface area contributed by atoms with E-state index in [4.69, 9.17) is 4.42 Å². The SMILES string of the molecule is CC1(C)c2ccccc2-c2ccc(-c3ccc(N(c4ccccc4)c4cccc5c4oc4cccc(C6(C)c7ccccc7-c7ccccc76)c45)cc3)cc21. The minimum atomic E-state index is -0.343. The second-order valence-electron chi connectivity index (χ2n) is 15.8. The van der Waals surface area contributed by atoms with Gasteiger partial charge < -0.3 is 9.32 Å². The zero-order valence-electron chi connectivity index (χ0n) is 31.2. The first-order valence-corrected chi connectivity index (χ1v) is 19.3. The molecule has 0 unspecified atom stereocenters. The largest absolute Gasteiger partial charge is 0.454 e. The molecule has 1 heterocycles. The summed E-state index contributed by atoms with van der Waals surface area (Å²) in [5.41, 5.74) is 19.0. The smallest absolute Gasteiger partial charge is 0.159 e. The molecule has 0 fully saturated rings. The third kappa shape index (κ3) is 4.49. The van der Waals surface area contributed by atoms with E-state index in [1.165, 1.54) is 66.6 Å². The van der Waals surface area contributed by atoms with Crippen molar-refractivity contribution < 1.29 is 4.42 Å². The van der Waals surface area contributed by atoms with Gasteiger partial charge in [0.2, 0.25) is 0 Å². The first-order chi connectivity index (χ1) is 26.9. The summed E-state index contributed by atoms with van der Waals surface area (Å²) >= 11 is 0. The molecule has 0 spiro atoms. The van der Waals surface area contributed by atoms with Crippen molar-refractivity contribution in [3.8, 4) is 33.4 Å². The highest BCUT2D eigenvalue weighted by atomic mass is 16.3. The third-order valence-corrected chi connectivity index (χ3v) is 12.6. The maximum Gasteiger partial charge on any atom is 0.159 e. The van der Waals surface area contributed by atoms with E-state index < -0.39 is 0 Å². The molecule has 2 nitrogen and oxygen atoms in total. The van der Waals surface area contributed by atoms with Gasteiger partial charge in [0.1, 0.15) is 5.58 Å². The molecule has 1 aromatic heterocycles. The Morgan fingerprint density at radius 1 is 0.418 bits per heavy atom. The van der Waals surface area contributed by atoms with Gasteiger partial charge in [0, 0.05) is 33.0 Å². The van der Waals surface area contributed by atoms with Crippen molar-refractivity contribution in [2.24, 2.45) is 0 Å². The van der Waals surface area contributed by atoms with Crippen LogP contribution in [0.5, 0.6) is 0 Å². The maximum atomic E-state index is 6.97. The van der Waals surface area contributed by atoms with Crippen LogP contribution >= 0.6 is 0 Å². The van der Waals surface area contributed by atoms with Gasteiger partial charge in [-0.1, -0.05) is 153 Å². The molecule has 9 aromatic rings. The topological polar surface area (TPSA) is 16.4 Å². The van der Waals surface area contributed by atoms with Gasteiger partial charge in [-0.05, 0) is 111 Å². The summed E-state index contributed by atoms with van der Waals surface area (Å²) in [5, 5.41) is 2.28. The highest BCUT2D eigenvalue weighted by molar-refractivity contribution is 6.12. The lowest BCUT2D eigenvalue weighted by molar-refractivity contribution is 0.660. The highest BCUT2D eigenvalue weighted by Crippen LogP contribution is 2.55. The summed E-state index contributed by atoms with van der Waals surface area (Å²) in [6.07, 6.45) is 0. The molecule has 2 aliphatic rings. The van der Waals surface area contributed by atoms with E-state index in [1.54, 1.807) is 0 Å². The van der Waals surface area contributed by atoms with Crippen molar-refractivity contribution in [3.05, 3.63) is 210 Å². The normalized spacial score (nSPS) is 14.4. The fraction of sp³-hybridized carbons (Fsp3) is 0.0943. The van der Waals surface area contributed by atoms with E-state index in [1.807, 2.05) is 0 Å². The number of benzene rings is 8. The Morgan fingerprint density at radius 3 is 1.67 bits per heavy atom. The van der Waals surface area contributed by atoms with E-state index in [9.17, 15) is 0 Å². The monoisotopic (exact) mass is 705 g/mol. The quantitative estimate of drug-likeness (QED) is 0.177. The molecule has 55 heavy (non-hydrogen) atoms. The Kier molecular flexibility index (Phi) is 6.76. The number of nitrogens with zero attached hydrogens (tertiary/aromatic N) is 1. The Hall–Kier alpha value is -6.64. The van der Waals surface area contributed by atoms with Crippen LogP contribution in [0.1, 0.15) is 48.6 Å². The van der Waals surface area contributed by atoms with Gasteiger partial charge in [-0.3, -0.25) is 0 Å². The Morgan fingerprint density at radius 2 is 0.964 bits per heavy atom. The lowest BCUT2D eigenvalue weighted by Crippen LogP contribution is -2.22. The number of hydrogen-bond donors (Lipinski definition) is 0. The lowest BCUT2D eigenvalue weighted by atomic mass is 9.73. The molecule has 0 radical (unpaired) electrons. The lowest BCUT2D eigenvalue weighted by Gasteiger charge is -2.29. The highest BCUT2D eigenvalue weighted by Gasteiger charge is 2.42. The van der Waals surface area contributed by atoms with Gasteiger partial charge in [-0.25, -0.2) is 0 Å². The predicted octanol–water partition coefficient (Wildman–Crippen LogP) is 14.4. The maximum absolute atomic E-state index is 6.97. The zero-order chi connectivity index (χ0) is 36.9. The number of anilines is 3. The van der Waals surface area contributed by atoms with E-state index >= 15 is 0 Å². The van der Waals surface area contributed by atoms with E-state index in [-0.39, 0.29) is 10.8 Å². The minimum Gasteiger partial charge on any atom is -0.454 e. The van der Waals surface area contributed by atoms with Crippen molar-refractivity contribution in [3.63, 3.8) is 0 Å². The number of fused-ring (bicyclic) bond motifs is 9. The molecular formula is C53H39NO. The average molecular weight is 706 g/mol. The molecule has 0 N–H and O–H groups in total. The predicted molar refractivity (Wildman–Crippen MR) is 229 cm³/mol. The van der Waals surface area contributed by atoms with E-state index in [2.05, 4.69) is 208 Å². The van der Waals surface area contributed by atoms with Gasteiger partial charge in [0.25, 0.3) is 0 Å². The van der Waals surface area contributed by atoms with Crippen molar-refractivity contribution >= 4 is 39.0 Å². The fourth-order valence-corrected chi connectivity index (χ4v) is 9.86. The standard InChI is InChI=1S/C53H39NO/c1-52(2)43-21-10-7-17-38(43)41-32-29-35(33-47(41)52)34-27-30-37(31-28-34)54(36-15-5-4-6-16-36)48-25-13-20-42-50-46(24-14-26-49(50)55-51(42)48)53(3)44-22-11-8-18-39(44)40-19-9-12-23-45(40)53/h4-33H,1-3H3. The third-order valence-electron chi connectivity index (χ3n) is 12.6. The summed E-state index contributed by atoms with van der Waals surface area (Å²) < 4.78 is 6.97. The van der Waals surface area contributed by atoms with Crippen LogP contribution < -0.4 is 4.90 Å². The first kappa shape index (κ1) is 31.8. The molecule has 0 atom stereocenters. The molecule has 0 saturated heterocycles. The van der Waals surface area contributed by atoms with Crippen LogP contribution in [0.25, 0.3) is 55.3 Å². The van der Waals surface area contributed by atoms with E-state index in [0.29, 0.717) is 0 Å². The number of hydrogen-bond acceptors (Lipinski definition) is 2. The number of para-hydroxylation sites is 2. The minimum absolute atomic E-state index is 0.0426. The van der Waals surface area contributed by atoms with Crippen LogP contribution in [0.2, 0.25) is 0 Å². The summed E-state index contributed by atoms with van der Waals surface area (Å²) in [7, 11) is 0. The van der Waals surface area contributed by atoms with Crippen LogP contribution in [0.15, 0.2) is 186 Å². The van der Waals surface area contributed by atoms with Gasteiger partial charge in [0.15, 0.2) is 5.58 Å². The Labute approximate surface area is 322 Å². The van der Waals surface area contributed by atoms with E-state index in [0.717, 1.165) is 33.6 Å². The molecule has 11 rings (SSSR count). The molecule has 2 aliphatic carbocycles. The molecule has 262 valence electrons. The molecule has 0 aliphatic heterocycles. The molecule has 8 aromatic carbocycles. The molecule has 0 amide bonds. The van der Waals surface area contributed by atoms with Crippen LogP contribution in [0.4, 0.5) is 17.1 Å². The Bertz CT molecular complexity index is 2920. The van der Waals surface area contributed by atoms with Crippen LogP contribution in [0, 0.1) is 0 Å². The van der Waals surface area contributed by atoms with Crippen LogP contribution in [0.3, 0.4) is 0 Å². The molecule has 2 heteroatoms. The van der Waals surface area contributed by atoms with Gasteiger partial charge in [0.05, 0.1) is 5.69 Å². The number of furan rings is 1. The fourth-order valence-electron chi connectivity index (χ4n) is 9.86. The molecule has 0 saturated carbocycles. The van der Waals surface area contributed by atoms with Gasteiger partial charge >= 0.3 is 0 Å². The summed E-state index contributed by atoms with van der Waals surface area (Å²) in [5.74, 6) is 0. The summed E-state index contributed by atoms with van der Waals surface area (Å²) in [6, 6.07) is 66.4. The van der Waals surface area contributed by atoms with Crippen molar-refractivity contribution in [2.75, 3.05) is 4.90 Å². The van der Waals surface area contributed by atoms with Crippen molar-refractivity contribution in [1.29, 1.82) is 0 Å². The van der Waals surface area contributed by atoms with Crippen molar-refractivity contribution in [1.82, 2.24) is 0 Å². The zero-order valence-corrected chi connectivity index (χ0v) is 31.2. The van der Waals surface area contributed by atoms with Gasteiger partial charge in [-0.15, -0.1) is 0 Å². The molecular weight excluding hydrogens is 667 g/mol. The second kappa shape index (κ2) is 11.7. The van der Waals surface area contributed by atoms with Gasteiger partial charge in [-0.2, -0.15) is 0 Å². The van der Waals surface area contributed by atoms with Crippen LogP contribution in [-0.2, 0) is 10.8 Å². The second-order valence-corrected chi connectivity index (χ2v) is 15.8. The molecule has 0 bridgehead atoms. The number of rotatable bonds is 5. The average Bonchev–Trinajstić information content (AvgIpc) is 3.83.